The summed E-state index contributed by atoms with van der Waals surface area (Å²) < 4.78 is 5.09. The fourth-order valence-corrected chi connectivity index (χ4v) is 2.48. The highest BCUT2D eigenvalue weighted by molar-refractivity contribution is 6.41. The van der Waals surface area contributed by atoms with Gasteiger partial charge in [0.05, 0.1) is 6.04 Å². The Balaban J connectivity index is 1.87. The zero-order chi connectivity index (χ0) is 19.6. The molecule has 0 aliphatic rings. The first-order chi connectivity index (χ1) is 13.0. The van der Waals surface area contributed by atoms with Crippen molar-refractivity contribution >= 4 is 19.1 Å². The second kappa shape index (κ2) is 10.3. The summed E-state index contributed by atoms with van der Waals surface area (Å²) in [5, 5.41) is 23.7. The summed E-state index contributed by atoms with van der Waals surface area (Å²) in [6.45, 7) is 1.63. The lowest BCUT2D eigenvalue weighted by Gasteiger charge is -2.22. The molecular weight excluding hydrogens is 347 g/mol. The van der Waals surface area contributed by atoms with Crippen LogP contribution in [0.3, 0.4) is 0 Å². The van der Waals surface area contributed by atoms with Crippen molar-refractivity contribution in [3.05, 3.63) is 71.8 Å². The maximum atomic E-state index is 12.4. The van der Waals surface area contributed by atoms with E-state index < -0.39 is 31.2 Å². The molecule has 4 N–H and O–H groups in total. The molecule has 2 amide bonds. The Hall–Kier alpha value is -2.84. The smallest absolute Gasteiger partial charge is 0.445 e. The van der Waals surface area contributed by atoms with E-state index in [4.69, 9.17) is 4.74 Å². The molecule has 27 heavy (non-hydrogen) atoms. The predicted octanol–water partition coefficient (Wildman–Crippen LogP) is 1.63. The number of amides is 2. The molecule has 7 nitrogen and oxygen atoms in total. The maximum Gasteiger partial charge on any atom is 0.453 e. The SMILES string of the molecule is C[C@H](NC(=O)OCc1ccccc1)C(=O)NC(CB(O)O)c1ccccc1. The molecule has 0 spiro atoms. The van der Waals surface area contributed by atoms with Gasteiger partial charge in [0.2, 0.25) is 5.91 Å². The van der Waals surface area contributed by atoms with Gasteiger partial charge in [0, 0.05) is 6.32 Å². The Bertz CT molecular complexity index is 727. The number of benzene rings is 2. The van der Waals surface area contributed by atoms with Crippen LogP contribution in [0.4, 0.5) is 4.79 Å². The predicted molar refractivity (Wildman–Crippen MR) is 102 cm³/mol. The lowest BCUT2D eigenvalue weighted by Crippen LogP contribution is -2.46. The third-order valence-electron chi connectivity index (χ3n) is 3.91. The van der Waals surface area contributed by atoms with Crippen molar-refractivity contribution in [2.75, 3.05) is 0 Å². The van der Waals surface area contributed by atoms with Gasteiger partial charge in [-0.2, -0.15) is 0 Å². The minimum atomic E-state index is -1.57. The summed E-state index contributed by atoms with van der Waals surface area (Å²) >= 11 is 0. The van der Waals surface area contributed by atoms with Gasteiger partial charge in [-0.05, 0) is 18.1 Å². The number of rotatable bonds is 8. The minimum absolute atomic E-state index is 0.0685. The first kappa shape index (κ1) is 20.5. The van der Waals surface area contributed by atoms with E-state index in [1.165, 1.54) is 6.92 Å². The highest BCUT2D eigenvalue weighted by Gasteiger charge is 2.24. The fourth-order valence-electron chi connectivity index (χ4n) is 2.48. The quantitative estimate of drug-likeness (QED) is 0.529. The number of alkyl carbamates (subject to hydrolysis) is 1. The second-order valence-electron chi connectivity index (χ2n) is 6.12. The summed E-state index contributed by atoms with van der Waals surface area (Å²) in [5.41, 5.74) is 1.57. The topological polar surface area (TPSA) is 108 Å². The lowest BCUT2D eigenvalue weighted by atomic mass is 9.79. The average Bonchev–Trinajstić information content (AvgIpc) is 2.67. The van der Waals surface area contributed by atoms with E-state index in [0.717, 1.165) is 11.1 Å². The van der Waals surface area contributed by atoms with Crippen LogP contribution in [-0.2, 0) is 16.1 Å². The molecule has 0 aromatic heterocycles. The zero-order valence-electron chi connectivity index (χ0n) is 15.0. The second-order valence-corrected chi connectivity index (χ2v) is 6.12. The monoisotopic (exact) mass is 370 g/mol. The number of carbonyl (C=O) groups is 2. The Morgan fingerprint density at radius 2 is 1.59 bits per heavy atom. The first-order valence-electron chi connectivity index (χ1n) is 8.64. The highest BCUT2D eigenvalue weighted by atomic mass is 16.5. The van der Waals surface area contributed by atoms with Gasteiger partial charge in [-0.15, -0.1) is 0 Å². The van der Waals surface area contributed by atoms with Crippen LogP contribution in [0.15, 0.2) is 60.7 Å². The normalized spacial score (nSPS) is 12.6. The van der Waals surface area contributed by atoms with Crippen LogP contribution in [0.5, 0.6) is 0 Å². The molecule has 2 aromatic carbocycles. The lowest BCUT2D eigenvalue weighted by molar-refractivity contribution is -0.123. The largest absolute Gasteiger partial charge is 0.453 e. The van der Waals surface area contributed by atoms with Crippen molar-refractivity contribution in [1.82, 2.24) is 10.6 Å². The highest BCUT2D eigenvalue weighted by Crippen LogP contribution is 2.18. The number of hydrogen-bond donors (Lipinski definition) is 4. The minimum Gasteiger partial charge on any atom is -0.445 e. The van der Waals surface area contributed by atoms with Crippen molar-refractivity contribution in [3.63, 3.8) is 0 Å². The van der Waals surface area contributed by atoms with Crippen molar-refractivity contribution in [1.29, 1.82) is 0 Å². The molecule has 2 rings (SSSR count). The molecule has 142 valence electrons. The van der Waals surface area contributed by atoms with Gasteiger partial charge in [-0.3, -0.25) is 4.79 Å². The summed E-state index contributed by atoms with van der Waals surface area (Å²) in [6, 6.07) is 16.7. The number of carbonyl (C=O) groups excluding carboxylic acids is 2. The average molecular weight is 370 g/mol. The van der Waals surface area contributed by atoms with E-state index in [-0.39, 0.29) is 12.9 Å². The molecule has 8 heteroatoms. The molecule has 0 radical (unpaired) electrons. The van der Waals surface area contributed by atoms with Gasteiger partial charge in [-0.25, -0.2) is 4.79 Å². The Kier molecular flexibility index (Phi) is 7.85. The zero-order valence-corrected chi connectivity index (χ0v) is 15.0. The molecule has 0 bridgehead atoms. The molecule has 0 aliphatic heterocycles. The van der Waals surface area contributed by atoms with Gasteiger partial charge >= 0.3 is 13.2 Å². The van der Waals surface area contributed by atoms with Crippen molar-refractivity contribution in [2.45, 2.75) is 31.9 Å². The van der Waals surface area contributed by atoms with Gasteiger partial charge in [0.1, 0.15) is 12.6 Å². The Morgan fingerprint density at radius 3 is 2.19 bits per heavy atom. The number of ether oxygens (including phenoxy) is 1. The number of nitrogens with one attached hydrogen (secondary N) is 2. The maximum absolute atomic E-state index is 12.4. The van der Waals surface area contributed by atoms with E-state index in [0.29, 0.717) is 0 Å². The molecule has 0 fully saturated rings. The molecule has 2 atom stereocenters. The number of hydrogen-bond acceptors (Lipinski definition) is 5. The van der Waals surface area contributed by atoms with Gasteiger partial charge in [-0.1, -0.05) is 60.7 Å². The molecule has 1 unspecified atom stereocenters. The molecule has 0 aliphatic carbocycles. The molecular formula is C19H23BN2O5. The fraction of sp³-hybridized carbons (Fsp3) is 0.263. The Labute approximate surface area is 158 Å². The molecule has 0 saturated heterocycles. The molecule has 0 saturated carbocycles. The third kappa shape index (κ3) is 7.12. The van der Waals surface area contributed by atoms with Crippen LogP contribution in [0, 0.1) is 0 Å². The van der Waals surface area contributed by atoms with E-state index in [2.05, 4.69) is 10.6 Å². The summed E-state index contributed by atoms with van der Waals surface area (Å²) in [4.78, 5) is 24.2. The summed E-state index contributed by atoms with van der Waals surface area (Å²) in [6.07, 6.45) is -0.777. The van der Waals surface area contributed by atoms with Crippen molar-refractivity contribution in [2.24, 2.45) is 0 Å². The van der Waals surface area contributed by atoms with Crippen molar-refractivity contribution < 1.29 is 24.4 Å². The van der Waals surface area contributed by atoms with E-state index >= 15 is 0 Å². The van der Waals surface area contributed by atoms with E-state index in [1.54, 1.807) is 24.3 Å². The van der Waals surface area contributed by atoms with Crippen LogP contribution in [0.2, 0.25) is 6.32 Å². The first-order valence-corrected chi connectivity index (χ1v) is 8.64. The van der Waals surface area contributed by atoms with Crippen molar-refractivity contribution in [3.8, 4) is 0 Å². The standard InChI is InChI=1S/C19H23BN2O5/c1-14(21-19(24)27-13-15-8-4-2-5-9-15)18(23)22-17(12-20(25)26)16-10-6-3-7-11-16/h2-11,14,17,25-26H,12-13H2,1H3,(H,21,24)(H,22,23)/t14-,17?/m0/s1. The summed E-state index contributed by atoms with van der Waals surface area (Å²) in [7, 11) is -1.57. The third-order valence-corrected chi connectivity index (χ3v) is 3.91. The van der Waals surface area contributed by atoms with Gasteiger partial charge in [0.25, 0.3) is 0 Å². The van der Waals surface area contributed by atoms with E-state index in [9.17, 15) is 19.6 Å². The Morgan fingerprint density at radius 1 is 1.00 bits per heavy atom. The van der Waals surface area contributed by atoms with Gasteiger partial charge < -0.3 is 25.4 Å². The summed E-state index contributed by atoms with van der Waals surface area (Å²) in [5.74, 6) is -0.457. The van der Waals surface area contributed by atoms with Gasteiger partial charge in [0.15, 0.2) is 0 Å². The van der Waals surface area contributed by atoms with Crippen LogP contribution in [0.1, 0.15) is 24.1 Å². The van der Waals surface area contributed by atoms with Crippen LogP contribution in [0.25, 0.3) is 0 Å². The van der Waals surface area contributed by atoms with Crippen LogP contribution in [-0.4, -0.2) is 35.2 Å². The molecule has 2 aromatic rings. The van der Waals surface area contributed by atoms with E-state index in [1.807, 2.05) is 36.4 Å². The molecule has 0 heterocycles. The van der Waals surface area contributed by atoms with Crippen LogP contribution < -0.4 is 10.6 Å². The van der Waals surface area contributed by atoms with Crippen LogP contribution >= 0.6 is 0 Å².